The van der Waals surface area contributed by atoms with Gasteiger partial charge < -0.3 is 4.74 Å². The maximum atomic E-state index is 13.2. The number of aryl methyl sites for hydroxylation is 1. The molecule has 0 bridgehead atoms. The lowest BCUT2D eigenvalue weighted by Crippen LogP contribution is -2.37. The van der Waals surface area contributed by atoms with E-state index in [9.17, 15) is 13.2 Å². The summed E-state index contributed by atoms with van der Waals surface area (Å²) < 4.78 is 32.4. The molecule has 0 aliphatic carbocycles. The second-order valence-electron chi connectivity index (χ2n) is 5.96. The van der Waals surface area contributed by atoms with Crippen molar-refractivity contribution in [3.05, 3.63) is 58.1 Å². The molecule has 8 heteroatoms. The number of anilines is 1. The van der Waals surface area contributed by atoms with Crippen molar-refractivity contribution in [2.24, 2.45) is 0 Å². The Hall–Kier alpha value is -1.76. The standard InChI is InChI=1S/C18H19Cl2NO4S/c1-12(2)25-18(22)11-21(15-7-4-13(3)5-8-15)26(23,24)17-10-14(19)6-9-16(17)20/h4-10,12H,11H2,1-3H3. The largest absolute Gasteiger partial charge is 0.462 e. The number of rotatable bonds is 6. The van der Waals surface area contributed by atoms with Crippen LogP contribution in [0.5, 0.6) is 0 Å². The van der Waals surface area contributed by atoms with E-state index in [1.807, 2.05) is 6.92 Å². The summed E-state index contributed by atoms with van der Waals surface area (Å²) in [4.78, 5) is 12.0. The van der Waals surface area contributed by atoms with Crippen LogP contribution < -0.4 is 4.31 Å². The summed E-state index contributed by atoms with van der Waals surface area (Å²) in [5.41, 5.74) is 1.28. The quantitative estimate of drug-likeness (QED) is 0.653. The van der Waals surface area contributed by atoms with Gasteiger partial charge in [0.1, 0.15) is 11.4 Å². The average molecular weight is 416 g/mol. The average Bonchev–Trinajstić information content (AvgIpc) is 2.55. The Balaban J connectivity index is 2.53. The first-order valence-corrected chi connectivity index (χ1v) is 10.0. The van der Waals surface area contributed by atoms with E-state index < -0.39 is 22.5 Å². The number of ether oxygens (including phenoxy) is 1. The highest BCUT2D eigenvalue weighted by Crippen LogP contribution is 2.30. The van der Waals surface area contributed by atoms with Gasteiger partial charge in [-0.25, -0.2) is 8.42 Å². The Morgan fingerprint density at radius 3 is 2.31 bits per heavy atom. The van der Waals surface area contributed by atoms with Crippen molar-refractivity contribution in [2.45, 2.75) is 31.8 Å². The molecule has 0 aromatic heterocycles. The number of hydrogen-bond donors (Lipinski definition) is 0. The third kappa shape index (κ3) is 4.90. The van der Waals surface area contributed by atoms with Crippen LogP contribution in [0.25, 0.3) is 0 Å². The van der Waals surface area contributed by atoms with E-state index in [4.69, 9.17) is 27.9 Å². The predicted molar refractivity (Wildman–Crippen MR) is 103 cm³/mol. The fourth-order valence-corrected chi connectivity index (χ4v) is 4.39. The van der Waals surface area contributed by atoms with Gasteiger partial charge in [-0.15, -0.1) is 0 Å². The molecule has 2 aromatic carbocycles. The zero-order valence-electron chi connectivity index (χ0n) is 14.6. The van der Waals surface area contributed by atoms with Gasteiger partial charge >= 0.3 is 5.97 Å². The summed E-state index contributed by atoms with van der Waals surface area (Å²) in [6.07, 6.45) is -0.361. The minimum atomic E-state index is -4.13. The molecule has 140 valence electrons. The third-order valence-corrected chi connectivity index (χ3v) is 5.91. The van der Waals surface area contributed by atoms with Gasteiger partial charge in [-0.1, -0.05) is 40.9 Å². The van der Waals surface area contributed by atoms with Crippen molar-refractivity contribution in [2.75, 3.05) is 10.8 Å². The molecule has 0 radical (unpaired) electrons. The normalized spacial score (nSPS) is 11.5. The van der Waals surface area contributed by atoms with Crippen LogP contribution in [0.2, 0.25) is 10.0 Å². The van der Waals surface area contributed by atoms with Crippen molar-refractivity contribution in [1.29, 1.82) is 0 Å². The van der Waals surface area contributed by atoms with Crippen molar-refractivity contribution >= 4 is 44.9 Å². The van der Waals surface area contributed by atoms with Crippen LogP contribution in [0.15, 0.2) is 47.4 Å². The summed E-state index contributed by atoms with van der Waals surface area (Å²) in [6.45, 7) is 4.78. The number of hydrogen-bond acceptors (Lipinski definition) is 4. The smallest absolute Gasteiger partial charge is 0.327 e. The number of benzene rings is 2. The van der Waals surface area contributed by atoms with Crippen LogP contribution in [0.1, 0.15) is 19.4 Å². The zero-order chi connectivity index (χ0) is 19.5. The Labute approximate surface area is 163 Å². The lowest BCUT2D eigenvalue weighted by molar-refractivity contribution is -0.145. The van der Waals surface area contributed by atoms with E-state index in [1.165, 1.54) is 18.2 Å². The maximum absolute atomic E-state index is 13.2. The van der Waals surface area contributed by atoms with Crippen molar-refractivity contribution < 1.29 is 17.9 Å². The maximum Gasteiger partial charge on any atom is 0.327 e. The molecular formula is C18H19Cl2NO4S. The highest BCUT2D eigenvalue weighted by Gasteiger charge is 2.30. The molecule has 0 saturated heterocycles. The van der Waals surface area contributed by atoms with Gasteiger partial charge in [-0.05, 0) is 51.1 Å². The number of halogens is 2. The molecule has 2 aromatic rings. The first-order valence-electron chi connectivity index (χ1n) is 7.85. The Kier molecular flexibility index (Phi) is 6.55. The highest BCUT2D eigenvalue weighted by molar-refractivity contribution is 7.93. The molecule has 0 unspecified atom stereocenters. The monoisotopic (exact) mass is 415 g/mol. The van der Waals surface area contributed by atoms with E-state index in [1.54, 1.807) is 38.1 Å². The van der Waals surface area contributed by atoms with Gasteiger partial charge in [-0.3, -0.25) is 9.10 Å². The van der Waals surface area contributed by atoms with Gasteiger partial charge in [0.2, 0.25) is 0 Å². The molecule has 0 atom stereocenters. The molecular weight excluding hydrogens is 397 g/mol. The summed E-state index contributed by atoms with van der Waals surface area (Å²) >= 11 is 12.0. The number of carbonyl (C=O) groups is 1. The third-order valence-electron chi connectivity index (χ3n) is 3.42. The molecule has 0 spiro atoms. The van der Waals surface area contributed by atoms with Crippen molar-refractivity contribution in [3.8, 4) is 0 Å². The predicted octanol–water partition coefficient (Wildman–Crippen LogP) is 4.45. The zero-order valence-corrected chi connectivity index (χ0v) is 16.9. The summed E-state index contributed by atoms with van der Waals surface area (Å²) in [7, 11) is -4.13. The highest BCUT2D eigenvalue weighted by atomic mass is 35.5. The van der Waals surface area contributed by atoms with Crippen LogP contribution >= 0.6 is 23.2 Å². The van der Waals surface area contributed by atoms with Crippen molar-refractivity contribution in [3.63, 3.8) is 0 Å². The summed E-state index contributed by atoms with van der Waals surface area (Å²) in [6, 6.07) is 10.9. The fourth-order valence-electron chi connectivity index (χ4n) is 2.24. The molecule has 0 saturated carbocycles. The first kappa shape index (κ1) is 20.6. The van der Waals surface area contributed by atoms with Crippen molar-refractivity contribution in [1.82, 2.24) is 0 Å². The van der Waals surface area contributed by atoms with Crippen LogP contribution in [0.4, 0.5) is 5.69 Å². The minimum absolute atomic E-state index is 0.0174. The molecule has 0 fully saturated rings. The topological polar surface area (TPSA) is 63.7 Å². The van der Waals surface area contributed by atoms with Gasteiger partial charge in [0.05, 0.1) is 16.8 Å². The first-order chi connectivity index (χ1) is 12.1. The van der Waals surface area contributed by atoms with E-state index in [-0.39, 0.29) is 21.0 Å². The van der Waals surface area contributed by atoms with E-state index in [0.29, 0.717) is 5.69 Å². The molecule has 0 aliphatic rings. The Morgan fingerprint density at radius 1 is 1.12 bits per heavy atom. The fraction of sp³-hybridized carbons (Fsp3) is 0.278. The van der Waals surface area contributed by atoms with Gasteiger partial charge in [0.25, 0.3) is 10.0 Å². The summed E-state index contributed by atoms with van der Waals surface area (Å²) in [5.74, 6) is -0.665. The molecule has 5 nitrogen and oxygen atoms in total. The van der Waals surface area contributed by atoms with Gasteiger partial charge in [-0.2, -0.15) is 0 Å². The van der Waals surface area contributed by atoms with Crippen LogP contribution in [-0.4, -0.2) is 27.0 Å². The molecule has 0 amide bonds. The number of sulfonamides is 1. The minimum Gasteiger partial charge on any atom is -0.462 e. The number of carbonyl (C=O) groups excluding carboxylic acids is 1. The molecule has 0 N–H and O–H groups in total. The molecule has 0 aliphatic heterocycles. The van der Waals surface area contributed by atoms with E-state index in [2.05, 4.69) is 0 Å². The number of esters is 1. The SMILES string of the molecule is Cc1ccc(N(CC(=O)OC(C)C)S(=O)(=O)c2cc(Cl)ccc2Cl)cc1. The molecule has 2 rings (SSSR count). The molecule has 26 heavy (non-hydrogen) atoms. The van der Waals surface area contributed by atoms with Gasteiger partial charge in [0.15, 0.2) is 0 Å². The van der Waals surface area contributed by atoms with E-state index in [0.717, 1.165) is 9.87 Å². The second-order valence-corrected chi connectivity index (χ2v) is 8.63. The Bertz CT molecular complexity index is 896. The summed E-state index contributed by atoms with van der Waals surface area (Å²) in [5, 5.41) is 0.241. The lowest BCUT2D eigenvalue weighted by Gasteiger charge is -2.25. The Morgan fingerprint density at radius 2 is 1.73 bits per heavy atom. The molecule has 0 heterocycles. The van der Waals surface area contributed by atoms with Crippen LogP contribution in [0.3, 0.4) is 0 Å². The van der Waals surface area contributed by atoms with Crippen LogP contribution in [0, 0.1) is 6.92 Å². The lowest BCUT2D eigenvalue weighted by atomic mass is 10.2. The number of nitrogens with zero attached hydrogens (tertiary/aromatic N) is 1. The second kappa shape index (κ2) is 8.29. The van der Waals surface area contributed by atoms with E-state index >= 15 is 0 Å². The van der Waals surface area contributed by atoms with Crippen LogP contribution in [-0.2, 0) is 19.6 Å². The van der Waals surface area contributed by atoms with Gasteiger partial charge in [0, 0.05) is 5.02 Å².